The summed E-state index contributed by atoms with van der Waals surface area (Å²) in [5, 5.41) is 28.0. The van der Waals surface area contributed by atoms with Crippen molar-refractivity contribution in [2.75, 3.05) is 44.6 Å². The fourth-order valence-corrected chi connectivity index (χ4v) is 10.3. The quantitative estimate of drug-likeness (QED) is 0.0489. The summed E-state index contributed by atoms with van der Waals surface area (Å²) in [7, 11) is 0. The summed E-state index contributed by atoms with van der Waals surface area (Å²) in [6.45, 7) is 4.25. The maximum Gasteiger partial charge on any atom is 0.338 e. The van der Waals surface area contributed by atoms with Crippen LogP contribution in [0.25, 0.3) is 10.9 Å². The number of anilines is 1. The highest BCUT2D eigenvalue weighted by Crippen LogP contribution is 2.34. The molecule has 0 unspecified atom stereocenters. The Kier molecular flexibility index (Phi) is 16.1. The molecule has 1 aliphatic carbocycles. The highest BCUT2D eigenvalue weighted by Gasteiger charge is 2.37. The Morgan fingerprint density at radius 1 is 0.803 bits per heavy atom. The van der Waals surface area contributed by atoms with Gasteiger partial charge in [-0.3, -0.25) is 14.5 Å². The number of aromatic amines is 1. The lowest BCUT2D eigenvalue weighted by molar-refractivity contribution is -0.159. The SMILES string of the molecule is O=C(C[C@@H](c1ccccc1)c1cccc(OCc2ccc(C(=O)OCCN(C(=O)Nc3ccc(CNC[C@H](O)c4ccc(O)c5[nH]c(=O)ccc45)cc3)C3CCCCC3)cc2)c1)O[C@H]1CN2CCC1CC2. The van der Waals surface area contributed by atoms with Gasteiger partial charge in [0, 0.05) is 48.7 Å². The molecule has 2 amide bonds. The Balaban J connectivity index is 0.743. The van der Waals surface area contributed by atoms with Gasteiger partial charge in [0.2, 0.25) is 5.56 Å². The van der Waals surface area contributed by atoms with E-state index < -0.39 is 12.1 Å². The number of urea groups is 1. The van der Waals surface area contributed by atoms with Gasteiger partial charge in [-0.05, 0) is 121 Å². The average molecular weight is 962 g/mol. The summed E-state index contributed by atoms with van der Waals surface area (Å²) in [4.78, 5) is 59.0. The number of H-pyrrole nitrogens is 1. The van der Waals surface area contributed by atoms with E-state index in [0.29, 0.717) is 40.4 Å². The van der Waals surface area contributed by atoms with Crippen LogP contribution in [0.4, 0.5) is 10.5 Å². The van der Waals surface area contributed by atoms with Gasteiger partial charge >= 0.3 is 18.0 Å². The van der Waals surface area contributed by atoms with E-state index in [9.17, 15) is 29.4 Å². The normalized spacial score (nSPS) is 18.6. The number of hydrogen-bond acceptors (Lipinski definition) is 11. The lowest BCUT2D eigenvalue weighted by Crippen LogP contribution is -2.52. The molecule has 14 nitrogen and oxygen atoms in total. The van der Waals surface area contributed by atoms with Crippen LogP contribution in [0.1, 0.15) is 102 Å². The van der Waals surface area contributed by atoms with E-state index in [4.69, 9.17) is 14.2 Å². The largest absolute Gasteiger partial charge is 0.506 e. The molecule has 0 spiro atoms. The monoisotopic (exact) mass is 961 g/mol. The van der Waals surface area contributed by atoms with E-state index in [-0.39, 0.29) is 79.6 Å². The highest BCUT2D eigenvalue weighted by atomic mass is 16.5. The molecular weight excluding hydrogens is 899 g/mol. The average Bonchev–Trinajstić information content (AvgIpc) is 3.40. The molecule has 6 aromatic rings. The zero-order valence-corrected chi connectivity index (χ0v) is 40.0. The van der Waals surface area contributed by atoms with Gasteiger partial charge in [0.1, 0.15) is 30.8 Å². The van der Waals surface area contributed by atoms with Crippen molar-refractivity contribution in [1.82, 2.24) is 20.1 Å². The topological polar surface area (TPSA) is 183 Å². The lowest BCUT2D eigenvalue weighted by Gasteiger charge is -2.44. The highest BCUT2D eigenvalue weighted by molar-refractivity contribution is 5.90. The predicted molar refractivity (Wildman–Crippen MR) is 271 cm³/mol. The first-order valence-electron chi connectivity index (χ1n) is 25.0. The molecule has 4 aliphatic rings. The van der Waals surface area contributed by atoms with Crippen LogP contribution in [0, 0.1) is 5.92 Å². The molecule has 71 heavy (non-hydrogen) atoms. The van der Waals surface area contributed by atoms with Crippen LogP contribution in [0.2, 0.25) is 0 Å². The van der Waals surface area contributed by atoms with E-state index in [1.54, 1.807) is 29.2 Å². The second-order valence-electron chi connectivity index (χ2n) is 19.1. The van der Waals surface area contributed by atoms with E-state index in [2.05, 4.69) is 20.5 Å². The molecule has 4 heterocycles. The number of aliphatic hydroxyl groups is 1. The van der Waals surface area contributed by atoms with E-state index >= 15 is 0 Å². The smallest absolute Gasteiger partial charge is 0.338 e. The number of aromatic hydroxyl groups is 1. The Morgan fingerprint density at radius 2 is 1.55 bits per heavy atom. The van der Waals surface area contributed by atoms with Gasteiger partial charge in [-0.2, -0.15) is 0 Å². The summed E-state index contributed by atoms with van der Waals surface area (Å²) < 4.78 is 18.1. The number of aromatic nitrogens is 1. The fraction of sp³-hybridized carbons (Fsp3) is 0.368. The summed E-state index contributed by atoms with van der Waals surface area (Å²) in [6.07, 6.45) is 6.42. The Bertz CT molecular complexity index is 2810. The summed E-state index contributed by atoms with van der Waals surface area (Å²) in [5.74, 6) is 0.206. The summed E-state index contributed by atoms with van der Waals surface area (Å²) in [6, 6.07) is 38.3. The summed E-state index contributed by atoms with van der Waals surface area (Å²) >= 11 is 0. The van der Waals surface area contributed by atoms with Gasteiger partial charge in [-0.15, -0.1) is 0 Å². The number of hydrogen-bond donors (Lipinski definition) is 5. The van der Waals surface area contributed by atoms with E-state index in [1.165, 1.54) is 12.1 Å². The Hall–Kier alpha value is -7.00. The van der Waals surface area contributed by atoms with Crippen molar-refractivity contribution >= 4 is 34.6 Å². The Morgan fingerprint density at radius 3 is 2.30 bits per heavy atom. The number of benzene rings is 5. The predicted octanol–water partition coefficient (Wildman–Crippen LogP) is 8.82. The minimum Gasteiger partial charge on any atom is -0.506 e. The molecule has 1 aromatic heterocycles. The number of ether oxygens (including phenoxy) is 3. The van der Waals surface area contributed by atoms with Crippen molar-refractivity contribution in [2.45, 2.75) is 88.7 Å². The van der Waals surface area contributed by atoms with Crippen LogP contribution in [-0.2, 0) is 27.4 Å². The van der Waals surface area contributed by atoms with Crippen molar-refractivity contribution in [2.24, 2.45) is 5.92 Å². The number of carbonyl (C=O) groups is 3. The second-order valence-corrected chi connectivity index (χ2v) is 19.1. The number of fused-ring (bicyclic) bond motifs is 4. The maximum atomic E-state index is 13.8. The molecule has 3 atom stereocenters. The molecule has 370 valence electrons. The van der Waals surface area contributed by atoms with Gasteiger partial charge in [-0.25, -0.2) is 9.59 Å². The van der Waals surface area contributed by atoms with Gasteiger partial charge < -0.3 is 44.9 Å². The molecule has 4 fully saturated rings. The third-order valence-corrected chi connectivity index (χ3v) is 14.3. The van der Waals surface area contributed by atoms with Crippen LogP contribution < -0.4 is 20.9 Å². The van der Waals surface area contributed by atoms with Crippen LogP contribution in [0.5, 0.6) is 11.5 Å². The third kappa shape index (κ3) is 12.7. The standard InChI is InChI=1S/C57H63N5O9/c63-50-24-22-47(48-23-25-53(65)60-55(48)50)51(64)35-58-34-38-16-20-44(21-17-38)59-57(68)62(45-11-5-2-6-12-45)30-31-69-56(67)42-18-14-39(15-19-42)37-70-46-13-7-10-43(32-46)49(40-8-3-1-4-9-40)33-54(66)71-52-36-61-28-26-41(52)27-29-61/h1,3-4,7-10,13-25,32,41,45,49,51-52,58,63-64H,2,5-6,11-12,26-31,33-37H2,(H,59,68)(H,60,65)/t49-,51-,52-/m0/s1. The van der Waals surface area contributed by atoms with Crippen molar-refractivity contribution in [3.05, 3.63) is 171 Å². The Labute approximate surface area is 413 Å². The minimum atomic E-state index is -0.888. The first kappa shape index (κ1) is 49.0. The number of phenolic OH excluding ortho intramolecular Hbond substituents is 1. The summed E-state index contributed by atoms with van der Waals surface area (Å²) in [5.41, 5.74) is 5.37. The van der Waals surface area contributed by atoms with Crippen molar-refractivity contribution in [1.29, 1.82) is 0 Å². The zero-order chi connectivity index (χ0) is 49.1. The third-order valence-electron chi connectivity index (χ3n) is 14.3. The molecule has 3 saturated heterocycles. The van der Waals surface area contributed by atoms with Gasteiger partial charge in [-0.1, -0.05) is 92.1 Å². The second kappa shape index (κ2) is 23.3. The number of carbonyl (C=O) groups excluding carboxylic acids is 3. The molecule has 14 heteroatoms. The molecule has 5 N–H and O–H groups in total. The van der Waals surface area contributed by atoms with Crippen molar-refractivity contribution < 1.29 is 38.8 Å². The number of amides is 2. The molecular formula is C57H63N5O9. The number of nitrogens with zero attached hydrogens (tertiary/aromatic N) is 2. The fourth-order valence-electron chi connectivity index (χ4n) is 10.3. The van der Waals surface area contributed by atoms with Crippen molar-refractivity contribution in [3.63, 3.8) is 0 Å². The first-order valence-corrected chi connectivity index (χ1v) is 25.0. The maximum absolute atomic E-state index is 13.8. The number of phenols is 1. The van der Waals surface area contributed by atoms with E-state index in [0.717, 1.165) is 86.8 Å². The number of nitrogens with one attached hydrogen (secondary N) is 3. The number of rotatable bonds is 19. The van der Waals surface area contributed by atoms with Crippen LogP contribution >= 0.6 is 0 Å². The number of piperidine rings is 3. The number of aliphatic hydroxyl groups excluding tert-OH is 1. The molecule has 10 rings (SSSR count). The first-order chi connectivity index (χ1) is 34.6. The molecule has 1 saturated carbocycles. The number of esters is 2. The van der Waals surface area contributed by atoms with Gasteiger partial charge in [0.15, 0.2) is 0 Å². The van der Waals surface area contributed by atoms with Crippen LogP contribution in [0.15, 0.2) is 132 Å². The van der Waals surface area contributed by atoms with Crippen LogP contribution in [0.3, 0.4) is 0 Å². The zero-order valence-electron chi connectivity index (χ0n) is 40.0. The molecule has 3 aliphatic heterocycles. The van der Waals surface area contributed by atoms with E-state index in [1.807, 2.05) is 91.0 Å². The molecule has 5 aromatic carbocycles. The molecule has 2 bridgehead atoms. The van der Waals surface area contributed by atoms with Gasteiger partial charge in [0.05, 0.1) is 30.1 Å². The molecule has 0 radical (unpaired) electrons. The number of pyridine rings is 1. The van der Waals surface area contributed by atoms with Crippen LogP contribution in [-0.4, -0.2) is 94.4 Å². The van der Waals surface area contributed by atoms with Gasteiger partial charge in [0.25, 0.3) is 0 Å². The minimum absolute atomic E-state index is 0.0313. The lowest BCUT2D eigenvalue weighted by atomic mass is 9.85. The van der Waals surface area contributed by atoms with Crippen molar-refractivity contribution in [3.8, 4) is 11.5 Å².